The number of thiazole rings is 1. The van der Waals surface area contributed by atoms with Crippen molar-refractivity contribution in [2.24, 2.45) is 4.99 Å². The molecule has 0 amide bonds. The van der Waals surface area contributed by atoms with E-state index in [0.29, 0.717) is 31.2 Å². The number of hydrogen-bond acceptors (Lipinski definition) is 6. The normalized spacial score (nSPS) is 11.7. The van der Waals surface area contributed by atoms with E-state index in [0.717, 1.165) is 23.9 Å². The SMILES string of the molecule is CCNC(=NCc1ncc(CC)s1)NCCc1nc(C)no1. The standard InChI is InChI=1S/C14H22N6OS/c1-4-11-8-17-13(22-11)9-18-14(15-5-2)16-7-6-12-19-10(3)20-21-12/h8H,4-7,9H2,1-3H3,(H2,15,16,18). The summed E-state index contributed by atoms with van der Waals surface area (Å²) in [5.41, 5.74) is 0. The van der Waals surface area contributed by atoms with Crippen LogP contribution in [0.5, 0.6) is 0 Å². The summed E-state index contributed by atoms with van der Waals surface area (Å²) in [5, 5.41) is 11.3. The minimum atomic E-state index is 0.583. The second-order valence-electron chi connectivity index (χ2n) is 4.68. The third-order valence-electron chi connectivity index (χ3n) is 2.87. The summed E-state index contributed by atoms with van der Waals surface area (Å²) in [7, 11) is 0. The van der Waals surface area contributed by atoms with Crippen LogP contribution in [0, 0.1) is 6.92 Å². The molecule has 0 saturated carbocycles. The predicted octanol–water partition coefficient (Wildman–Crippen LogP) is 1.69. The highest BCUT2D eigenvalue weighted by Crippen LogP contribution is 2.13. The molecule has 0 spiro atoms. The monoisotopic (exact) mass is 322 g/mol. The van der Waals surface area contributed by atoms with Crippen LogP contribution in [0.4, 0.5) is 0 Å². The van der Waals surface area contributed by atoms with Gasteiger partial charge in [0, 0.05) is 30.6 Å². The summed E-state index contributed by atoms with van der Waals surface area (Å²) >= 11 is 1.71. The molecule has 2 rings (SSSR count). The van der Waals surface area contributed by atoms with Crippen molar-refractivity contribution >= 4 is 17.3 Å². The lowest BCUT2D eigenvalue weighted by Gasteiger charge is -2.09. The number of guanidine groups is 1. The van der Waals surface area contributed by atoms with E-state index in [9.17, 15) is 0 Å². The zero-order chi connectivity index (χ0) is 15.8. The van der Waals surface area contributed by atoms with Crippen molar-refractivity contribution in [2.75, 3.05) is 13.1 Å². The first-order chi connectivity index (χ1) is 10.7. The van der Waals surface area contributed by atoms with Gasteiger partial charge in [-0.1, -0.05) is 12.1 Å². The molecule has 0 fully saturated rings. The molecule has 0 aliphatic carbocycles. The predicted molar refractivity (Wildman–Crippen MR) is 87.0 cm³/mol. The maximum Gasteiger partial charge on any atom is 0.228 e. The van der Waals surface area contributed by atoms with Crippen molar-refractivity contribution in [2.45, 2.75) is 40.2 Å². The van der Waals surface area contributed by atoms with Crippen LogP contribution in [-0.2, 0) is 19.4 Å². The number of nitrogens with one attached hydrogen (secondary N) is 2. The van der Waals surface area contributed by atoms with Crippen molar-refractivity contribution in [1.82, 2.24) is 25.8 Å². The van der Waals surface area contributed by atoms with Gasteiger partial charge in [-0.3, -0.25) is 0 Å². The molecule has 2 aromatic heterocycles. The molecular weight excluding hydrogens is 300 g/mol. The van der Waals surface area contributed by atoms with Crippen LogP contribution in [-0.4, -0.2) is 34.2 Å². The van der Waals surface area contributed by atoms with Crippen LogP contribution >= 0.6 is 11.3 Å². The molecule has 7 nitrogen and oxygen atoms in total. The topological polar surface area (TPSA) is 88.2 Å². The molecule has 2 N–H and O–H groups in total. The molecule has 0 aliphatic heterocycles. The van der Waals surface area contributed by atoms with Gasteiger partial charge in [-0.25, -0.2) is 9.98 Å². The van der Waals surface area contributed by atoms with E-state index in [4.69, 9.17) is 4.52 Å². The quantitative estimate of drug-likeness (QED) is 0.596. The Morgan fingerprint density at radius 2 is 2.23 bits per heavy atom. The number of aromatic nitrogens is 3. The van der Waals surface area contributed by atoms with E-state index in [1.54, 1.807) is 11.3 Å². The van der Waals surface area contributed by atoms with Gasteiger partial charge in [-0.15, -0.1) is 11.3 Å². The minimum absolute atomic E-state index is 0.583. The van der Waals surface area contributed by atoms with Gasteiger partial charge in [0.1, 0.15) is 5.01 Å². The zero-order valence-electron chi connectivity index (χ0n) is 13.2. The maximum atomic E-state index is 5.08. The van der Waals surface area contributed by atoms with Gasteiger partial charge in [0.2, 0.25) is 5.89 Å². The molecule has 2 aromatic rings. The Bertz CT molecular complexity index is 606. The van der Waals surface area contributed by atoms with Crippen molar-refractivity contribution in [3.05, 3.63) is 27.8 Å². The van der Waals surface area contributed by atoms with E-state index < -0.39 is 0 Å². The van der Waals surface area contributed by atoms with Crippen molar-refractivity contribution in [3.8, 4) is 0 Å². The molecule has 0 aromatic carbocycles. The minimum Gasteiger partial charge on any atom is -0.357 e. The Balaban J connectivity index is 1.83. The lowest BCUT2D eigenvalue weighted by atomic mass is 10.4. The van der Waals surface area contributed by atoms with Gasteiger partial charge in [-0.05, 0) is 20.3 Å². The average Bonchev–Trinajstić information content (AvgIpc) is 3.13. The number of rotatable bonds is 7. The highest BCUT2D eigenvalue weighted by atomic mass is 32.1. The summed E-state index contributed by atoms with van der Waals surface area (Å²) in [5.74, 6) is 2.06. The molecule has 0 aliphatic rings. The Labute approximate surface area is 134 Å². The molecule has 2 heterocycles. The Hall–Kier alpha value is -1.96. The van der Waals surface area contributed by atoms with Crippen molar-refractivity contribution in [3.63, 3.8) is 0 Å². The van der Waals surface area contributed by atoms with Crippen LogP contribution in [0.1, 0.15) is 35.4 Å². The second-order valence-corrected chi connectivity index (χ2v) is 5.88. The molecule has 0 radical (unpaired) electrons. The number of aryl methyl sites for hydroxylation is 2. The number of hydrogen-bond donors (Lipinski definition) is 2. The van der Waals surface area contributed by atoms with Gasteiger partial charge in [-0.2, -0.15) is 4.98 Å². The van der Waals surface area contributed by atoms with E-state index in [2.05, 4.69) is 37.7 Å². The highest BCUT2D eigenvalue weighted by molar-refractivity contribution is 7.11. The third kappa shape index (κ3) is 5.10. The van der Waals surface area contributed by atoms with Crippen LogP contribution < -0.4 is 10.6 Å². The van der Waals surface area contributed by atoms with Crippen LogP contribution in [0.25, 0.3) is 0 Å². The number of aliphatic imine (C=N–C) groups is 1. The number of nitrogens with zero attached hydrogens (tertiary/aromatic N) is 4. The lowest BCUT2D eigenvalue weighted by molar-refractivity contribution is 0.374. The lowest BCUT2D eigenvalue weighted by Crippen LogP contribution is -2.38. The molecule has 0 unspecified atom stereocenters. The van der Waals surface area contributed by atoms with Gasteiger partial charge < -0.3 is 15.2 Å². The van der Waals surface area contributed by atoms with Gasteiger partial charge >= 0.3 is 0 Å². The first-order valence-corrected chi connectivity index (χ1v) is 8.27. The summed E-state index contributed by atoms with van der Waals surface area (Å²) in [6, 6.07) is 0. The van der Waals surface area contributed by atoms with Gasteiger partial charge in [0.25, 0.3) is 0 Å². The van der Waals surface area contributed by atoms with E-state index in [1.807, 2.05) is 20.0 Å². The molecule has 0 atom stereocenters. The van der Waals surface area contributed by atoms with E-state index in [-0.39, 0.29) is 0 Å². The summed E-state index contributed by atoms with van der Waals surface area (Å²) < 4.78 is 5.08. The first kappa shape index (κ1) is 16.4. The molecule has 22 heavy (non-hydrogen) atoms. The Morgan fingerprint density at radius 1 is 1.36 bits per heavy atom. The molecular formula is C14H22N6OS. The first-order valence-electron chi connectivity index (χ1n) is 7.46. The maximum absolute atomic E-state index is 5.08. The fourth-order valence-corrected chi connectivity index (χ4v) is 2.59. The van der Waals surface area contributed by atoms with Crippen molar-refractivity contribution < 1.29 is 4.52 Å². The van der Waals surface area contributed by atoms with Crippen LogP contribution in [0.15, 0.2) is 15.7 Å². The molecule has 120 valence electrons. The average molecular weight is 322 g/mol. The van der Waals surface area contributed by atoms with Gasteiger partial charge in [0.15, 0.2) is 11.8 Å². The Morgan fingerprint density at radius 3 is 2.86 bits per heavy atom. The van der Waals surface area contributed by atoms with E-state index in [1.165, 1.54) is 4.88 Å². The van der Waals surface area contributed by atoms with E-state index >= 15 is 0 Å². The zero-order valence-corrected chi connectivity index (χ0v) is 14.0. The Kier molecular flexibility index (Phi) is 6.32. The summed E-state index contributed by atoms with van der Waals surface area (Å²) in [6.07, 6.45) is 3.61. The molecule has 8 heteroatoms. The highest BCUT2D eigenvalue weighted by Gasteiger charge is 2.04. The van der Waals surface area contributed by atoms with Gasteiger partial charge in [0.05, 0.1) is 6.54 Å². The fourth-order valence-electron chi connectivity index (χ4n) is 1.80. The van der Waals surface area contributed by atoms with Crippen molar-refractivity contribution in [1.29, 1.82) is 0 Å². The smallest absolute Gasteiger partial charge is 0.228 e. The summed E-state index contributed by atoms with van der Waals surface area (Å²) in [4.78, 5) is 14.4. The largest absolute Gasteiger partial charge is 0.357 e. The fraction of sp³-hybridized carbons (Fsp3) is 0.571. The van der Waals surface area contributed by atoms with Crippen LogP contribution in [0.3, 0.4) is 0 Å². The summed E-state index contributed by atoms with van der Waals surface area (Å²) in [6.45, 7) is 8.06. The molecule has 0 bridgehead atoms. The van der Waals surface area contributed by atoms with Crippen LogP contribution in [0.2, 0.25) is 0 Å². The third-order valence-corrected chi connectivity index (χ3v) is 3.99. The molecule has 0 saturated heterocycles. The second kappa shape index (κ2) is 8.47.